The van der Waals surface area contributed by atoms with Gasteiger partial charge in [0.05, 0.1) is 30.2 Å². The van der Waals surface area contributed by atoms with Gasteiger partial charge in [0.1, 0.15) is 0 Å². The van der Waals surface area contributed by atoms with Gasteiger partial charge in [-0.2, -0.15) is 0 Å². The first-order valence-electron chi connectivity index (χ1n) is 5.44. The fourth-order valence-corrected chi connectivity index (χ4v) is 2.04. The van der Waals surface area contributed by atoms with Gasteiger partial charge in [0.15, 0.2) is 5.78 Å². The average molecular weight is 243 g/mol. The highest BCUT2D eigenvalue weighted by atomic mass is 16.2. The van der Waals surface area contributed by atoms with E-state index >= 15 is 0 Å². The van der Waals surface area contributed by atoms with Crippen LogP contribution in [0.5, 0.6) is 0 Å². The molecule has 90 valence electrons. The van der Waals surface area contributed by atoms with Gasteiger partial charge in [-0.15, -0.1) is 0 Å². The number of benzene rings is 1. The van der Waals surface area contributed by atoms with Crippen LogP contribution < -0.4 is 10.5 Å². The topological polar surface area (TPSA) is 83.1 Å². The third-order valence-corrected chi connectivity index (χ3v) is 2.92. The minimum Gasteiger partial charge on any atom is -0.313 e. The first-order chi connectivity index (χ1) is 8.65. The lowest BCUT2D eigenvalue weighted by atomic mass is 10.2. The van der Waals surface area contributed by atoms with E-state index in [1.807, 2.05) is 0 Å². The lowest BCUT2D eigenvalue weighted by molar-refractivity contribution is -0.121. The summed E-state index contributed by atoms with van der Waals surface area (Å²) in [5, 5.41) is 0.405. The molecule has 2 aromatic rings. The molecule has 0 bridgehead atoms. The SMILES string of the molecule is O=C1CC(=O)N(c2ccc3nc[nH]c(=O)c3c2)C1. The summed E-state index contributed by atoms with van der Waals surface area (Å²) in [5.74, 6) is -0.347. The van der Waals surface area contributed by atoms with Gasteiger partial charge < -0.3 is 9.88 Å². The van der Waals surface area contributed by atoms with Crippen LogP contribution in [-0.4, -0.2) is 28.2 Å². The maximum Gasteiger partial charge on any atom is 0.258 e. The smallest absolute Gasteiger partial charge is 0.258 e. The maximum atomic E-state index is 11.6. The van der Waals surface area contributed by atoms with E-state index < -0.39 is 0 Å². The zero-order valence-corrected chi connectivity index (χ0v) is 9.34. The molecule has 1 amide bonds. The lowest BCUT2D eigenvalue weighted by Gasteiger charge is -2.14. The lowest BCUT2D eigenvalue weighted by Crippen LogP contribution is -2.24. The molecule has 0 radical (unpaired) electrons. The molecule has 1 aliphatic rings. The van der Waals surface area contributed by atoms with Crippen LogP contribution in [0.4, 0.5) is 5.69 Å². The fraction of sp³-hybridized carbons (Fsp3) is 0.167. The van der Waals surface area contributed by atoms with Crippen LogP contribution in [0.15, 0.2) is 29.3 Å². The first kappa shape index (κ1) is 10.6. The molecule has 1 aliphatic heterocycles. The number of aromatic amines is 1. The Morgan fingerprint density at radius 2 is 2.06 bits per heavy atom. The number of nitrogens with one attached hydrogen (secondary N) is 1. The number of H-pyrrole nitrogens is 1. The van der Waals surface area contributed by atoms with E-state index in [1.54, 1.807) is 18.2 Å². The van der Waals surface area contributed by atoms with Crippen molar-refractivity contribution in [3.63, 3.8) is 0 Å². The second kappa shape index (κ2) is 3.76. The van der Waals surface area contributed by atoms with E-state index in [9.17, 15) is 14.4 Å². The number of carbonyl (C=O) groups excluding carboxylic acids is 2. The van der Waals surface area contributed by atoms with Crippen molar-refractivity contribution < 1.29 is 9.59 Å². The van der Waals surface area contributed by atoms with Crippen molar-refractivity contribution in [2.45, 2.75) is 6.42 Å². The molecule has 1 saturated heterocycles. The van der Waals surface area contributed by atoms with Crippen LogP contribution in [0.3, 0.4) is 0 Å². The second-order valence-electron chi connectivity index (χ2n) is 4.13. The molecule has 0 spiro atoms. The van der Waals surface area contributed by atoms with Crippen molar-refractivity contribution in [1.29, 1.82) is 0 Å². The summed E-state index contributed by atoms with van der Waals surface area (Å²) in [6, 6.07) is 4.93. The molecule has 1 fully saturated rings. The largest absolute Gasteiger partial charge is 0.313 e. The molecular formula is C12H9N3O3. The van der Waals surface area contributed by atoms with Crippen molar-refractivity contribution in [1.82, 2.24) is 9.97 Å². The van der Waals surface area contributed by atoms with Crippen LogP contribution in [0.2, 0.25) is 0 Å². The number of nitrogens with zero attached hydrogens (tertiary/aromatic N) is 2. The van der Waals surface area contributed by atoms with Crippen molar-refractivity contribution in [2.24, 2.45) is 0 Å². The van der Waals surface area contributed by atoms with Crippen molar-refractivity contribution in [2.75, 3.05) is 11.4 Å². The number of carbonyl (C=O) groups is 2. The van der Waals surface area contributed by atoms with Crippen LogP contribution in [-0.2, 0) is 9.59 Å². The highest BCUT2D eigenvalue weighted by Crippen LogP contribution is 2.22. The Labute approximate surface area is 101 Å². The number of rotatable bonds is 1. The molecule has 0 saturated carbocycles. The van der Waals surface area contributed by atoms with E-state index in [0.29, 0.717) is 16.6 Å². The predicted octanol–water partition coefficient (Wildman–Crippen LogP) is 0.229. The van der Waals surface area contributed by atoms with Crippen molar-refractivity contribution in [3.8, 4) is 0 Å². The zero-order chi connectivity index (χ0) is 12.7. The number of hydrogen-bond acceptors (Lipinski definition) is 4. The monoisotopic (exact) mass is 243 g/mol. The van der Waals surface area contributed by atoms with Crippen LogP contribution in [0.1, 0.15) is 6.42 Å². The maximum absolute atomic E-state index is 11.6. The van der Waals surface area contributed by atoms with Gasteiger partial charge in [-0.1, -0.05) is 0 Å². The van der Waals surface area contributed by atoms with Gasteiger partial charge in [0, 0.05) is 5.69 Å². The summed E-state index contributed by atoms with van der Waals surface area (Å²) >= 11 is 0. The van der Waals surface area contributed by atoms with Crippen LogP contribution in [0.25, 0.3) is 10.9 Å². The number of amides is 1. The molecule has 6 heteroatoms. The van der Waals surface area contributed by atoms with Gasteiger partial charge in [-0.25, -0.2) is 4.98 Å². The predicted molar refractivity (Wildman–Crippen MR) is 64.3 cm³/mol. The standard InChI is InChI=1S/C12H9N3O3/c16-8-4-11(17)15(5-8)7-1-2-10-9(3-7)12(18)14-6-13-10/h1-3,6H,4-5H2,(H,13,14,18). The molecule has 3 rings (SSSR count). The zero-order valence-electron chi connectivity index (χ0n) is 9.34. The van der Waals surface area contributed by atoms with E-state index in [-0.39, 0.29) is 30.2 Å². The van der Waals surface area contributed by atoms with Crippen LogP contribution >= 0.6 is 0 Å². The first-order valence-corrected chi connectivity index (χ1v) is 5.44. The summed E-state index contributed by atoms with van der Waals surface area (Å²) in [7, 11) is 0. The molecule has 2 heterocycles. The molecule has 0 aliphatic carbocycles. The highest BCUT2D eigenvalue weighted by Gasteiger charge is 2.28. The molecule has 1 aromatic heterocycles. The number of aromatic nitrogens is 2. The summed E-state index contributed by atoms with van der Waals surface area (Å²) in [6.45, 7) is 0.0719. The quantitative estimate of drug-likeness (QED) is 0.727. The molecule has 0 unspecified atom stereocenters. The molecule has 0 atom stereocenters. The Morgan fingerprint density at radius 3 is 2.78 bits per heavy atom. The number of hydrogen-bond donors (Lipinski definition) is 1. The highest BCUT2D eigenvalue weighted by molar-refractivity contribution is 6.15. The van der Waals surface area contributed by atoms with Crippen molar-refractivity contribution >= 4 is 28.3 Å². The Morgan fingerprint density at radius 1 is 1.22 bits per heavy atom. The summed E-state index contributed by atoms with van der Waals surface area (Å²) in [4.78, 5) is 42.3. The van der Waals surface area contributed by atoms with E-state index in [2.05, 4.69) is 9.97 Å². The number of Topliss-reactive ketones (excluding diaryl/α,β-unsaturated/α-hetero) is 1. The third kappa shape index (κ3) is 1.58. The third-order valence-electron chi connectivity index (χ3n) is 2.92. The Balaban J connectivity index is 2.14. The van der Waals surface area contributed by atoms with Crippen LogP contribution in [0, 0.1) is 0 Å². The molecule has 1 aromatic carbocycles. The summed E-state index contributed by atoms with van der Waals surface area (Å²) < 4.78 is 0. The van der Waals surface area contributed by atoms with Gasteiger partial charge in [0.2, 0.25) is 5.91 Å². The molecule has 1 N–H and O–H groups in total. The molecule has 6 nitrogen and oxygen atoms in total. The van der Waals surface area contributed by atoms with Gasteiger partial charge in [-0.05, 0) is 18.2 Å². The number of fused-ring (bicyclic) bond motifs is 1. The van der Waals surface area contributed by atoms with Gasteiger partial charge in [-0.3, -0.25) is 14.4 Å². The van der Waals surface area contributed by atoms with Gasteiger partial charge >= 0.3 is 0 Å². The van der Waals surface area contributed by atoms with E-state index in [0.717, 1.165) is 0 Å². The van der Waals surface area contributed by atoms with Gasteiger partial charge in [0.25, 0.3) is 5.56 Å². The molecule has 18 heavy (non-hydrogen) atoms. The average Bonchev–Trinajstić information content (AvgIpc) is 2.69. The Hall–Kier alpha value is -2.50. The summed E-state index contributed by atoms with van der Waals surface area (Å²) in [6.07, 6.45) is 1.26. The van der Waals surface area contributed by atoms with E-state index in [4.69, 9.17) is 0 Å². The normalized spacial score (nSPS) is 15.7. The Bertz CT molecular complexity index is 720. The van der Waals surface area contributed by atoms with E-state index in [1.165, 1.54) is 11.2 Å². The fourth-order valence-electron chi connectivity index (χ4n) is 2.04. The second-order valence-corrected chi connectivity index (χ2v) is 4.13. The molecular weight excluding hydrogens is 234 g/mol. The number of anilines is 1. The number of ketones is 1. The summed E-state index contributed by atoms with van der Waals surface area (Å²) in [5.41, 5.74) is 0.845. The van der Waals surface area contributed by atoms with Crippen molar-refractivity contribution in [3.05, 3.63) is 34.9 Å². The Kier molecular flexibility index (Phi) is 2.22. The minimum absolute atomic E-state index is 0.0680. The minimum atomic E-state index is -0.264.